The highest BCUT2D eigenvalue weighted by atomic mass is 16.5. The Bertz CT molecular complexity index is 1030. The van der Waals surface area contributed by atoms with E-state index in [2.05, 4.69) is 51.3 Å². The first-order chi connectivity index (χ1) is 14.5. The van der Waals surface area contributed by atoms with Crippen LogP contribution in [0.2, 0.25) is 0 Å². The van der Waals surface area contributed by atoms with Gasteiger partial charge in [-0.1, -0.05) is 77.1 Å². The zero-order valence-electron chi connectivity index (χ0n) is 18.8. The van der Waals surface area contributed by atoms with Gasteiger partial charge in [-0.15, -0.1) is 0 Å². The average molecular weight is 404 g/mol. The Balaban J connectivity index is 1.78. The smallest absolute Gasteiger partial charge is 0.195 e. The van der Waals surface area contributed by atoms with Gasteiger partial charge in [0.05, 0.1) is 11.6 Å². The summed E-state index contributed by atoms with van der Waals surface area (Å²) in [4.78, 5) is 13.4. The van der Waals surface area contributed by atoms with Gasteiger partial charge in [0.1, 0.15) is 6.23 Å². The molecule has 2 aromatic carbocycles. The van der Waals surface area contributed by atoms with Gasteiger partial charge in [0.15, 0.2) is 5.78 Å². The lowest BCUT2D eigenvalue weighted by Gasteiger charge is -2.44. The number of carbonyl (C=O) groups excluding carboxylic acids is 1. The highest BCUT2D eigenvalue weighted by molar-refractivity contribution is 6.16. The molecule has 0 aliphatic carbocycles. The van der Waals surface area contributed by atoms with E-state index < -0.39 is 0 Å². The first kappa shape index (κ1) is 20.9. The van der Waals surface area contributed by atoms with Crippen molar-refractivity contribution in [1.82, 2.24) is 4.57 Å². The summed E-state index contributed by atoms with van der Waals surface area (Å²) in [5.41, 5.74) is 3.80. The second-order valence-electron chi connectivity index (χ2n) is 8.90. The van der Waals surface area contributed by atoms with Gasteiger partial charge in [-0.25, -0.2) is 0 Å². The summed E-state index contributed by atoms with van der Waals surface area (Å²) in [5.74, 6) is 1.52. The molecule has 158 valence electrons. The zero-order valence-corrected chi connectivity index (χ0v) is 18.8. The number of ketones is 1. The lowest BCUT2D eigenvalue weighted by Crippen LogP contribution is -2.42. The first-order valence-corrected chi connectivity index (χ1v) is 11.3. The lowest BCUT2D eigenvalue weighted by molar-refractivity contribution is -0.166. The van der Waals surface area contributed by atoms with Gasteiger partial charge in [0.25, 0.3) is 0 Å². The van der Waals surface area contributed by atoms with Crippen LogP contribution in [0.25, 0.3) is 10.9 Å². The molecule has 3 heteroatoms. The second kappa shape index (κ2) is 8.39. The SMILES string of the molecule is CCc1ccc(C(=O)c2cn([C@@H]3O[C@H](CC)[C@@H](C)[C@H](C)[C@H]3C)c3ccccc23)cc1. The zero-order chi connectivity index (χ0) is 21.4. The van der Waals surface area contributed by atoms with Gasteiger partial charge < -0.3 is 9.30 Å². The molecule has 3 aromatic rings. The van der Waals surface area contributed by atoms with Gasteiger partial charge in [-0.05, 0) is 36.3 Å². The quantitative estimate of drug-likeness (QED) is 0.447. The fourth-order valence-corrected chi connectivity index (χ4v) is 4.93. The maximum Gasteiger partial charge on any atom is 0.195 e. The topological polar surface area (TPSA) is 31.2 Å². The lowest BCUT2D eigenvalue weighted by atomic mass is 9.77. The van der Waals surface area contributed by atoms with E-state index in [1.54, 1.807) is 0 Å². The van der Waals surface area contributed by atoms with E-state index in [1.165, 1.54) is 5.56 Å². The van der Waals surface area contributed by atoms with Crippen molar-refractivity contribution in [2.75, 3.05) is 0 Å². The molecular weight excluding hydrogens is 370 g/mol. The Morgan fingerprint density at radius 3 is 2.30 bits per heavy atom. The number of para-hydroxylation sites is 1. The molecule has 1 aliphatic heterocycles. The number of fused-ring (bicyclic) bond motifs is 1. The van der Waals surface area contributed by atoms with Crippen molar-refractivity contribution in [1.29, 1.82) is 0 Å². The molecule has 1 aromatic heterocycles. The first-order valence-electron chi connectivity index (χ1n) is 11.3. The second-order valence-corrected chi connectivity index (χ2v) is 8.90. The molecule has 0 amide bonds. The predicted octanol–water partition coefficient (Wildman–Crippen LogP) is 6.65. The Kier molecular flexibility index (Phi) is 5.84. The maximum atomic E-state index is 13.4. The van der Waals surface area contributed by atoms with Crippen molar-refractivity contribution in [3.8, 4) is 0 Å². The maximum absolute atomic E-state index is 13.4. The number of benzene rings is 2. The van der Waals surface area contributed by atoms with Crippen LogP contribution in [0.3, 0.4) is 0 Å². The summed E-state index contributed by atoms with van der Waals surface area (Å²) in [7, 11) is 0. The molecule has 1 fully saturated rings. The number of rotatable bonds is 5. The summed E-state index contributed by atoms with van der Waals surface area (Å²) in [6.45, 7) is 11.2. The fraction of sp³-hybridized carbons (Fsp3) is 0.444. The Labute approximate surface area is 180 Å². The Morgan fingerprint density at radius 1 is 0.933 bits per heavy atom. The van der Waals surface area contributed by atoms with Crippen LogP contribution in [-0.4, -0.2) is 16.5 Å². The van der Waals surface area contributed by atoms with E-state index >= 15 is 0 Å². The van der Waals surface area contributed by atoms with Crippen LogP contribution in [-0.2, 0) is 11.2 Å². The van der Waals surface area contributed by atoms with E-state index in [0.717, 1.165) is 34.9 Å². The highest BCUT2D eigenvalue weighted by Crippen LogP contribution is 2.43. The number of aromatic nitrogens is 1. The largest absolute Gasteiger partial charge is 0.354 e. The van der Waals surface area contributed by atoms with Crippen molar-refractivity contribution in [2.24, 2.45) is 17.8 Å². The number of hydrogen-bond acceptors (Lipinski definition) is 2. The van der Waals surface area contributed by atoms with E-state index in [9.17, 15) is 4.79 Å². The van der Waals surface area contributed by atoms with Gasteiger partial charge >= 0.3 is 0 Å². The monoisotopic (exact) mass is 403 g/mol. The number of nitrogens with zero attached hydrogens (tertiary/aromatic N) is 1. The Hall–Kier alpha value is -2.39. The molecule has 0 radical (unpaired) electrons. The fourth-order valence-electron chi connectivity index (χ4n) is 4.93. The summed E-state index contributed by atoms with van der Waals surface area (Å²) < 4.78 is 8.81. The molecule has 30 heavy (non-hydrogen) atoms. The average Bonchev–Trinajstić information content (AvgIpc) is 3.17. The van der Waals surface area contributed by atoms with Gasteiger partial charge in [-0.3, -0.25) is 4.79 Å². The van der Waals surface area contributed by atoms with Gasteiger partial charge in [0, 0.05) is 28.6 Å². The highest BCUT2D eigenvalue weighted by Gasteiger charge is 2.39. The van der Waals surface area contributed by atoms with Crippen molar-refractivity contribution in [2.45, 2.75) is 59.8 Å². The van der Waals surface area contributed by atoms with Crippen molar-refractivity contribution in [3.63, 3.8) is 0 Å². The molecule has 1 aliphatic rings. The van der Waals surface area contributed by atoms with Gasteiger partial charge in [-0.2, -0.15) is 0 Å². The van der Waals surface area contributed by atoms with Crippen LogP contribution in [0, 0.1) is 17.8 Å². The van der Waals surface area contributed by atoms with Crippen LogP contribution >= 0.6 is 0 Å². The third-order valence-corrected chi connectivity index (χ3v) is 7.30. The van der Waals surface area contributed by atoms with Crippen LogP contribution in [0.1, 0.15) is 68.8 Å². The Morgan fingerprint density at radius 2 is 1.63 bits per heavy atom. The molecule has 5 atom stereocenters. The minimum absolute atomic E-state index is 0.0601. The van der Waals surface area contributed by atoms with E-state index in [1.807, 2.05) is 42.6 Å². The molecule has 4 rings (SSSR count). The van der Waals surface area contributed by atoms with Crippen molar-refractivity contribution >= 4 is 16.7 Å². The van der Waals surface area contributed by atoms with E-state index in [-0.39, 0.29) is 18.1 Å². The molecule has 0 saturated carbocycles. The number of carbonyl (C=O) groups is 1. The van der Waals surface area contributed by atoms with Crippen molar-refractivity contribution in [3.05, 3.63) is 71.4 Å². The molecular formula is C27H33NO2. The number of aryl methyl sites for hydroxylation is 1. The van der Waals surface area contributed by atoms with E-state index in [0.29, 0.717) is 17.8 Å². The van der Waals surface area contributed by atoms with Crippen LogP contribution < -0.4 is 0 Å². The van der Waals surface area contributed by atoms with E-state index in [4.69, 9.17) is 4.74 Å². The van der Waals surface area contributed by atoms with Crippen LogP contribution in [0.15, 0.2) is 54.7 Å². The van der Waals surface area contributed by atoms with Crippen LogP contribution in [0.5, 0.6) is 0 Å². The molecule has 0 bridgehead atoms. The normalized spacial score (nSPS) is 26.8. The summed E-state index contributed by atoms with van der Waals surface area (Å²) in [5, 5.41) is 0.997. The van der Waals surface area contributed by atoms with Crippen LogP contribution in [0.4, 0.5) is 0 Å². The summed E-state index contributed by atoms with van der Waals surface area (Å²) >= 11 is 0. The van der Waals surface area contributed by atoms with Gasteiger partial charge in [0.2, 0.25) is 0 Å². The molecule has 0 unspecified atom stereocenters. The third kappa shape index (κ3) is 3.50. The molecule has 2 heterocycles. The third-order valence-electron chi connectivity index (χ3n) is 7.30. The number of hydrogen-bond donors (Lipinski definition) is 0. The minimum atomic E-state index is -0.0601. The predicted molar refractivity (Wildman–Crippen MR) is 123 cm³/mol. The number of ether oxygens (including phenoxy) is 1. The molecule has 1 saturated heterocycles. The summed E-state index contributed by atoms with van der Waals surface area (Å²) in [6.07, 6.45) is 4.18. The van der Waals surface area contributed by atoms with Crippen molar-refractivity contribution < 1.29 is 9.53 Å². The molecule has 0 N–H and O–H groups in total. The standard InChI is InChI=1S/C27H33NO2/c1-6-20-12-14-21(15-13-20)26(29)23-16-28(24-11-9-8-10-22(23)24)27-19(5)17(3)18(4)25(7-2)30-27/h8-19,25,27H,6-7H2,1-5H3/t17-,18-,19+,25+,27+/m0/s1. The summed E-state index contributed by atoms with van der Waals surface area (Å²) in [6, 6.07) is 16.2. The molecule has 0 spiro atoms. The molecule has 3 nitrogen and oxygen atoms in total. The minimum Gasteiger partial charge on any atom is -0.354 e.